The van der Waals surface area contributed by atoms with Crippen molar-refractivity contribution >= 4 is 63.2 Å². The lowest BCUT2D eigenvalue weighted by Gasteiger charge is -2.25. The average Bonchev–Trinajstić information content (AvgIpc) is 3.67. The first-order chi connectivity index (χ1) is 23.1. The lowest BCUT2D eigenvalue weighted by atomic mass is 10.0. The molecule has 4 aromatic rings. The number of rotatable bonds is 18. The van der Waals surface area contributed by atoms with Gasteiger partial charge in [0.15, 0.2) is 5.96 Å². The fourth-order valence-electron chi connectivity index (χ4n) is 5.45. The number of aromatic amines is 2. The zero-order valence-electron chi connectivity index (χ0n) is 26.7. The fraction of sp³-hybridized carbons (Fsp3) is 0.364. The zero-order valence-corrected chi connectivity index (χ0v) is 27.5. The second-order valence-corrected chi connectivity index (χ2v) is 12.5. The number of nitrogens with zero attached hydrogens (tertiary/aromatic N) is 1. The summed E-state index contributed by atoms with van der Waals surface area (Å²) in [5.74, 6) is -2.60. The Morgan fingerprint density at radius 2 is 1.31 bits per heavy atom. The van der Waals surface area contributed by atoms with E-state index < -0.39 is 47.9 Å². The van der Waals surface area contributed by atoms with Crippen molar-refractivity contribution in [3.8, 4) is 0 Å². The molecule has 0 aliphatic rings. The number of amides is 3. The molecular formula is C33H43N9O5S. The Kier molecular flexibility index (Phi) is 12.9. The van der Waals surface area contributed by atoms with Gasteiger partial charge in [-0.25, -0.2) is 4.79 Å². The second kappa shape index (κ2) is 17.2. The van der Waals surface area contributed by atoms with Crippen molar-refractivity contribution in [3.63, 3.8) is 0 Å². The summed E-state index contributed by atoms with van der Waals surface area (Å²) >= 11 is 1.49. The van der Waals surface area contributed by atoms with Crippen molar-refractivity contribution in [1.29, 1.82) is 0 Å². The van der Waals surface area contributed by atoms with E-state index in [9.17, 15) is 24.3 Å². The number of nitrogens with two attached hydrogens (primary N) is 3. The summed E-state index contributed by atoms with van der Waals surface area (Å²) in [5, 5.41) is 19.9. The van der Waals surface area contributed by atoms with Crippen molar-refractivity contribution in [2.24, 2.45) is 22.2 Å². The number of aliphatic carboxylic acids is 1. The van der Waals surface area contributed by atoms with E-state index in [1.807, 2.05) is 61.0 Å². The zero-order chi connectivity index (χ0) is 34.6. The highest BCUT2D eigenvalue weighted by molar-refractivity contribution is 7.98. The molecule has 0 fully saturated rings. The number of para-hydroxylation sites is 2. The van der Waals surface area contributed by atoms with Gasteiger partial charge in [-0.1, -0.05) is 36.4 Å². The molecule has 0 aliphatic heterocycles. The normalized spacial score (nSPS) is 13.7. The molecule has 256 valence electrons. The van der Waals surface area contributed by atoms with Crippen LogP contribution in [0, 0.1) is 0 Å². The molecule has 0 saturated carbocycles. The number of H-pyrrole nitrogens is 2. The molecule has 4 unspecified atom stereocenters. The molecular weight excluding hydrogens is 634 g/mol. The maximum atomic E-state index is 13.6. The van der Waals surface area contributed by atoms with Crippen molar-refractivity contribution in [2.45, 2.75) is 56.3 Å². The third kappa shape index (κ3) is 9.75. The summed E-state index contributed by atoms with van der Waals surface area (Å²) < 4.78 is 0. The van der Waals surface area contributed by atoms with Gasteiger partial charge in [-0.3, -0.25) is 19.4 Å². The summed E-state index contributed by atoms with van der Waals surface area (Å²) in [6.45, 7) is 0.189. The Hall–Kier alpha value is -5.02. The summed E-state index contributed by atoms with van der Waals surface area (Å²) in [6.07, 6.45) is 6.35. The summed E-state index contributed by atoms with van der Waals surface area (Å²) in [5.41, 5.74) is 20.5. The third-order valence-corrected chi connectivity index (χ3v) is 8.63. The number of carbonyl (C=O) groups is 4. The van der Waals surface area contributed by atoms with Crippen LogP contribution in [0.1, 0.15) is 30.4 Å². The number of guanidine groups is 1. The number of aliphatic imine (C=N–C) groups is 1. The van der Waals surface area contributed by atoms with Crippen LogP contribution in [0.4, 0.5) is 0 Å². The van der Waals surface area contributed by atoms with Crippen LogP contribution < -0.4 is 33.2 Å². The number of hydrogen-bond acceptors (Lipinski definition) is 7. The van der Waals surface area contributed by atoms with Crippen LogP contribution in [0.5, 0.6) is 0 Å². The van der Waals surface area contributed by atoms with E-state index in [0.717, 1.165) is 32.9 Å². The van der Waals surface area contributed by atoms with E-state index in [0.29, 0.717) is 12.2 Å². The van der Waals surface area contributed by atoms with Gasteiger partial charge in [0.25, 0.3) is 0 Å². The average molecular weight is 678 g/mol. The second-order valence-electron chi connectivity index (χ2n) is 11.5. The molecule has 0 bridgehead atoms. The lowest BCUT2D eigenvalue weighted by Crippen LogP contribution is -2.57. The number of carboxylic acids is 1. The number of fused-ring (bicyclic) bond motifs is 2. The van der Waals surface area contributed by atoms with Crippen LogP contribution in [0.2, 0.25) is 0 Å². The molecule has 4 atom stereocenters. The molecule has 2 aromatic carbocycles. The van der Waals surface area contributed by atoms with Gasteiger partial charge in [0.2, 0.25) is 17.7 Å². The van der Waals surface area contributed by atoms with Gasteiger partial charge in [-0.2, -0.15) is 11.8 Å². The lowest BCUT2D eigenvalue weighted by molar-refractivity contribution is -0.142. The minimum Gasteiger partial charge on any atom is -0.480 e. The summed E-state index contributed by atoms with van der Waals surface area (Å²) in [4.78, 5) is 62.9. The minimum atomic E-state index is -1.27. The predicted molar refractivity (Wildman–Crippen MR) is 188 cm³/mol. The highest BCUT2D eigenvalue weighted by Gasteiger charge is 2.30. The van der Waals surface area contributed by atoms with Crippen LogP contribution in [-0.4, -0.2) is 87.4 Å². The van der Waals surface area contributed by atoms with Crippen molar-refractivity contribution in [2.75, 3.05) is 18.6 Å². The smallest absolute Gasteiger partial charge is 0.326 e. The minimum absolute atomic E-state index is 0.0144. The van der Waals surface area contributed by atoms with Gasteiger partial charge >= 0.3 is 5.97 Å². The van der Waals surface area contributed by atoms with Crippen molar-refractivity contribution < 1.29 is 24.3 Å². The van der Waals surface area contributed by atoms with Gasteiger partial charge in [0.05, 0.1) is 6.04 Å². The molecule has 12 N–H and O–H groups in total. The van der Waals surface area contributed by atoms with Gasteiger partial charge in [0.1, 0.15) is 18.1 Å². The molecule has 48 heavy (non-hydrogen) atoms. The molecule has 4 rings (SSSR count). The van der Waals surface area contributed by atoms with Crippen molar-refractivity contribution in [1.82, 2.24) is 25.9 Å². The number of carbonyl (C=O) groups excluding carboxylic acids is 3. The number of aromatic nitrogens is 2. The number of carboxylic acid groups (broad SMARTS) is 1. The Balaban J connectivity index is 1.46. The summed E-state index contributed by atoms with van der Waals surface area (Å²) in [6, 6.07) is 10.8. The van der Waals surface area contributed by atoms with Gasteiger partial charge in [-0.15, -0.1) is 0 Å². The Morgan fingerprint density at radius 3 is 1.88 bits per heavy atom. The standard InChI is InChI=1S/C33H43N9O5S/c1-48-14-12-27(40-29(43)23(34)15-19-17-38-24-9-4-2-7-21(19)24)31(45)41-26(11-6-13-37-33(35)36)30(44)42-28(32(46)47)16-20-18-39-25-10-5-3-8-22(20)25/h2-5,7-10,17-18,23,26-28,38-39H,6,11-16,34H2,1H3,(H,40,43)(H,41,45)(H,42,44)(H,46,47)(H4,35,36,37). The van der Waals surface area contributed by atoms with Crippen LogP contribution in [0.3, 0.4) is 0 Å². The fourth-order valence-corrected chi connectivity index (χ4v) is 5.92. The highest BCUT2D eigenvalue weighted by atomic mass is 32.2. The molecule has 2 aromatic heterocycles. The monoisotopic (exact) mass is 677 g/mol. The first-order valence-electron chi connectivity index (χ1n) is 15.6. The van der Waals surface area contributed by atoms with Crippen LogP contribution in [0.25, 0.3) is 21.8 Å². The molecule has 0 spiro atoms. The van der Waals surface area contributed by atoms with E-state index in [1.165, 1.54) is 11.8 Å². The van der Waals surface area contributed by atoms with Gasteiger partial charge in [0, 0.05) is 47.2 Å². The topological polar surface area (TPSA) is 247 Å². The molecule has 15 heteroatoms. The third-order valence-electron chi connectivity index (χ3n) is 7.99. The van der Waals surface area contributed by atoms with Crippen LogP contribution in [-0.2, 0) is 32.0 Å². The highest BCUT2D eigenvalue weighted by Crippen LogP contribution is 2.20. The molecule has 3 amide bonds. The predicted octanol–water partition coefficient (Wildman–Crippen LogP) is 1.11. The maximum Gasteiger partial charge on any atom is 0.326 e. The van der Waals surface area contributed by atoms with E-state index in [-0.39, 0.29) is 38.2 Å². The molecule has 2 heterocycles. The largest absolute Gasteiger partial charge is 0.480 e. The van der Waals surface area contributed by atoms with Crippen LogP contribution >= 0.6 is 11.8 Å². The van der Waals surface area contributed by atoms with Crippen LogP contribution in [0.15, 0.2) is 65.9 Å². The van der Waals surface area contributed by atoms with E-state index in [2.05, 4.69) is 30.9 Å². The SMILES string of the molecule is CSCCC(NC(=O)C(N)Cc1c[nH]c2ccccc12)C(=O)NC(CCCN=C(N)N)C(=O)NC(Cc1c[nH]c2ccccc12)C(=O)O. The van der Waals surface area contributed by atoms with Gasteiger partial charge < -0.3 is 48.2 Å². The number of nitrogens with one attached hydrogen (secondary N) is 5. The Morgan fingerprint density at radius 1 is 0.792 bits per heavy atom. The van der Waals surface area contributed by atoms with Crippen molar-refractivity contribution in [3.05, 3.63) is 72.1 Å². The quantitative estimate of drug-likeness (QED) is 0.0415. The van der Waals surface area contributed by atoms with E-state index in [4.69, 9.17) is 17.2 Å². The molecule has 14 nitrogen and oxygen atoms in total. The molecule has 0 aliphatic carbocycles. The molecule has 0 saturated heterocycles. The Bertz CT molecular complexity index is 1750. The van der Waals surface area contributed by atoms with E-state index in [1.54, 1.807) is 6.20 Å². The van der Waals surface area contributed by atoms with E-state index >= 15 is 0 Å². The first kappa shape index (κ1) is 35.8. The number of benzene rings is 2. The maximum absolute atomic E-state index is 13.6. The first-order valence-corrected chi connectivity index (χ1v) is 17.0. The van der Waals surface area contributed by atoms with Gasteiger partial charge in [-0.05, 0) is 61.0 Å². The summed E-state index contributed by atoms with van der Waals surface area (Å²) in [7, 11) is 0. The molecule has 0 radical (unpaired) electrons. The Labute approximate surface area is 282 Å². The number of thioether (sulfide) groups is 1. The number of hydrogen-bond donors (Lipinski definition) is 9.